The molecule has 90 valence electrons. The largest absolute Gasteiger partial charge is 0.508 e. The van der Waals surface area contributed by atoms with Crippen molar-refractivity contribution in [3.05, 3.63) is 66.2 Å². The Morgan fingerprint density at radius 1 is 0.789 bits per heavy atom. The Morgan fingerprint density at radius 3 is 2.37 bits per heavy atom. The number of aromatic hydroxyl groups is 1. The number of rotatable bonds is 1. The fraction of sp³-hybridized carbons (Fsp3) is 0. The fourth-order valence-electron chi connectivity index (χ4n) is 2.21. The molecule has 19 heavy (non-hydrogen) atoms. The molecule has 0 saturated heterocycles. The number of phenols is 1. The third-order valence-electron chi connectivity index (χ3n) is 3.13. The first-order chi connectivity index (χ1) is 9.26. The number of benzene rings is 3. The van der Waals surface area contributed by atoms with Gasteiger partial charge in [0.15, 0.2) is 0 Å². The maximum absolute atomic E-state index is 9.65. The highest BCUT2D eigenvalue weighted by atomic mass is 16.3. The predicted octanol–water partition coefficient (Wildman–Crippen LogP) is 4.08. The van der Waals surface area contributed by atoms with Crippen molar-refractivity contribution in [1.29, 1.82) is 5.26 Å². The highest BCUT2D eigenvalue weighted by Crippen LogP contribution is 2.28. The van der Waals surface area contributed by atoms with Gasteiger partial charge in [0.2, 0.25) is 0 Å². The third-order valence-corrected chi connectivity index (χ3v) is 3.13. The molecule has 2 nitrogen and oxygen atoms in total. The maximum Gasteiger partial charge on any atom is 0.117 e. The van der Waals surface area contributed by atoms with Crippen molar-refractivity contribution in [1.82, 2.24) is 0 Å². The van der Waals surface area contributed by atoms with Gasteiger partial charge in [-0.1, -0.05) is 36.4 Å². The van der Waals surface area contributed by atoms with Crippen molar-refractivity contribution >= 4 is 10.8 Å². The summed E-state index contributed by atoms with van der Waals surface area (Å²) in [5, 5.41) is 20.9. The van der Waals surface area contributed by atoms with Crippen molar-refractivity contribution in [2.24, 2.45) is 0 Å². The molecule has 1 N–H and O–H groups in total. The number of nitrogens with zero attached hydrogens (tertiary/aromatic N) is 1. The lowest BCUT2D eigenvalue weighted by atomic mass is 9.99. The van der Waals surface area contributed by atoms with Gasteiger partial charge in [-0.05, 0) is 46.2 Å². The average molecular weight is 245 g/mol. The van der Waals surface area contributed by atoms with Gasteiger partial charge in [0.25, 0.3) is 0 Å². The molecule has 0 aliphatic rings. The normalized spacial score (nSPS) is 10.3. The van der Waals surface area contributed by atoms with Gasteiger partial charge >= 0.3 is 0 Å². The van der Waals surface area contributed by atoms with E-state index >= 15 is 0 Å². The van der Waals surface area contributed by atoms with Crippen molar-refractivity contribution in [3.63, 3.8) is 0 Å². The lowest BCUT2D eigenvalue weighted by Crippen LogP contribution is -1.82. The molecule has 0 saturated carbocycles. The van der Waals surface area contributed by atoms with Crippen molar-refractivity contribution in [2.45, 2.75) is 0 Å². The van der Waals surface area contributed by atoms with Gasteiger partial charge in [0.1, 0.15) is 5.75 Å². The molecule has 3 rings (SSSR count). The number of hydrogen-bond donors (Lipinski definition) is 1. The van der Waals surface area contributed by atoms with Gasteiger partial charge in [-0.15, -0.1) is 0 Å². The molecule has 0 unspecified atom stereocenters. The molecule has 0 amide bonds. The van der Waals surface area contributed by atoms with Gasteiger partial charge in [-0.3, -0.25) is 0 Å². The highest BCUT2D eigenvalue weighted by Gasteiger charge is 2.03. The van der Waals surface area contributed by atoms with E-state index in [1.807, 2.05) is 30.3 Å². The Bertz CT molecular complexity index is 800. The highest BCUT2D eigenvalue weighted by molar-refractivity contribution is 5.87. The molecule has 0 aliphatic heterocycles. The van der Waals surface area contributed by atoms with E-state index in [0.717, 1.165) is 16.5 Å². The van der Waals surface area contributed by atoms with Crippen LogP contribution in [0, 0.1) is 11.3 Å². The van der Waals surface area contributed by atoms with Crippen LogP contribution in [0.3, 0.4) is 0 Å². The quantitative estimate of drug-likeness (QED) is 0.701. The van der Waals surface area contributed by atoms with E-state index in [1.54, 1.807) is 12.1 Å². The Kier molecular flexibility index (Phi) is 2.66. The molecule has 3 aromatic carbocycles. The van der Waals surface area contributed by atoms with Crippen molar-refractivity contribution in [3.8, 4) is 22.9 Å². The Hall–Kier alpha value is -2.79. The second kappa shape index (κ2) is 4.47. The average Bonchev–Trinajstić information content (AvgIpc) is 2.46. The maximum atomic E-state index is 9.65. The summed E-state index contributed by atoms with van der Waals surface area (Å²) in [7, 11) is 0. The molecule has 0 heterocycles. The van der Waals surface area contributed by atoms with Crippen LogP contribution in [0.4, 0.5) is 0 Å². The van der Waals surface area contributed by atoms with Crippen LogP contribution >= 0.6 is 0 Å². The van der Waals surface area contributed by atoms with Gasteiger partial charge < -0.3 is 5.11 Å². The molecule has 3 aromatic rings. The van der Waals surface area contributed by atoms with E-state index in [1.165, 1.54) is 11.5 Å². The molecule has 2 heteroatoms. The Balaban J connectivity index is 2.19. The van der Waals surface area contributed by atoms with Crippen LogP contribution < -0.4 is 0 Å². The van der Waals surface area contributed by atoms with Crippen molar-refractivity contribution < 1.29 is 5.11 Å². The molecular weight excluding hydrogens is 234 g/mol. The Morgan fingerprint density at radius 2 is 1.58 bits per heavy atom. The van der Waals surface area contributed by atoms with Crippen molar-refractivity contribution in [2.75, 3.05) is 0 Å². The number of hydrogen-bond acceptors (Lipinski definition) is 2. The van der Waals surface area contributed by atoms with E-state index in [-0.39, 0.29) is 5.75 Å². The second-order valence-corrected chi connectivity index (χ2v) is 4.44. The smallest absolute Gasteiger partial charge is 0.117 e. The summed E-state index contributed by atoms with van der Waals surface area (Å²) >= 11 is 0. The minimum absolute atomic E-state index is 0.113. The zero-order chi connectivity index (χ0) is 13.2. The van der Waals surface area contributed by atoms with E-state index in [9.17, 15) is 5.11 Å². The third kappa shape index (κ3) is 2.14. The molecule has 0 fully saturated rings. The second-order valence-electron chi connectivity index (χ2n) is 4.44. The van der Waals surface area contributed by atoms with Crippen LogP contribution in [0.2, 0.25) is 0 Å². The summed E-state index contributed by atoms with van der Waals surface area (Å²) in [6, 6.07) is 21.2. The summed E-state index contributed by atoms with van der Waals surface area (Å²) < 4.78 is 0. The summed E-state index contributed by atoms with van der Waals surface area (Å²) in [6.07, 6.45) is 0. The summed E-state index contributed by atoms with van der Waals surface area (Å²) in [4.78, 5) is 0. The van der Waals surface area contributed by atoms with Crippen LogP contribution in [0.5, 0.6) is 5.75 Å². The summed E-state index contributed by atoms with van der Waals surface area (Å²) in [5.74, 6) is 0.113. The molecular formula is C17H11NO. The molecule has 0 aromatic heterocycles. The van der Waals surface area contributed by atoms with Crippen LogP contribution in [0.25, 0.3) is 21.9 Å². The first-order valence-corrected chi connectivity index (χ1v) is 5.99. The van der Waals surface area contributed by atoms with Crippen LogP contribution in [0.15, 0.2) is 60.7 Å². The fourth-order valence-corrected chi connectivity index (χ4v) is 2.21. The topological polar surface area (TPSA) is 44.0 Å². The number of fused-ring (bicyclic) bond motifs is 1. The molecule has 0 spiro atoms. The zero-order valence-corrected chi connectivity index (χ0v) is 10.2. The van der Waals surface area contributed by atoms with Gasteiger partial charge in [-0.25, -0.2) is 0 Å². The monoisotopic (exact) mass is 245 g/mol. The standard InChI is InChI=1S/C17H11NO/c18-11-12-7-16(10-17(19)8-12)15-6-5-13-3-1-2-4-14(13)9-15/h1-10,19H. The molecule has 0 aliphatic carbocycles. The van der Waals surface area contributed by atoms with E-state index in [0.29, 0.717) is 5.56 Å². The van der Waals surface area contributed by atoms with E-state index < -0.39 is 0 Å². The zero-order valence-electron chi connectivity index (χ0n) is 10.2. The van der Waals surface area contributed by atoms with Gasteiger partial charge in [0.05, 0.1) is 11.6 Å². The van der Waals surface area contributed by atoms with E-state index in [2.05, 4.69) is 18.2 Å². The lowest BCUT2D eigenvalue weighted by molar-refractivity contribution is 0.475. The Labute approximate surface area is 111 Å². The van der Waals surface area contributed by atoms with Gasteiger partial charge in [-0.2, -0.15) is 5.26 Å². The first-order valence-electron chi connectivity index (χ1n) is 5.99. The molecule has 0 bridgehead atoms. The minimum Gasteiger partial charge on any atom is -0.508 e. The number of phenolic OH excluding ortho intramolecular Hbond substituents is 1. The first kappa shape index (κ1) is 11.3. The molecule has 0 atom stereocenters. The predicted molar refractivity (Wildman–Crippen MR) is 75.8 cm³/mol. The molecule has 0 radical (unpaired) electrons. The van der Waals surface area contributed by atoms with E-state index in [4.69, 9.17) is 5.26 Å². The minimum atomic E-state index is 0.113. The number of nitriles is 1. The van der Waals surface area contributed by atoms with Crippen LogP contribution in [0.1, 0.15) is 5.56 Å². The SMILES string of the molecule is N#Cc1cc(O)cc(-c2ccc3ccccc3c2)c1. The van der Waals surface area contributed by atoms with Crippen LogP contribution in [-0.2, 0) is 0 Å². The lowest BCUT2D eigenvalue weighted by Gasteiger charge is -2.05. The van der Waals surface area contributed by atoms with Crippen LogP contribution in [-0.4, -0.2) is 5.11 Å². The van der Waals surface area contributed by atoms with Gasteiger partial charge in [0, 0.05) is 0 Å². The summed E-state index contributed by atoms with van der Waals surface area (Å²) in [5.41, 5.74) is 2.30. The summed E-state index contributed by atoms with van der Waals surface area (Å²) in [6.45, 7) is 0.